The number of hydrogen-bond acceptors (Lipinski definition) is 3. The normalized spacial score (nSPS) is 13.8. The molecule has 164 valence electrons. The molecule has 0 unspecified atom stereocenters. The maximum Gasteiger partial charge on any atom is 0.223 e. The Bertz CT molecular complexity index is 824. The highest BCUT2D eigenvalue weighted by atomic mass is 127. The number of rotatable bonds is 10. The van der Waals surface area contributed by atoms with Gasteiger partial charge < -0.3 is 20.7 Å². The minimum Gasteiger partial charge on any atom is -0.494 e. The van der Waals surface area contributed by atoms with Crippen molar-refractivity contribution >= 4 is 46.6 Å². The number of carbonyl (C=O) groups is 1. The van der Waals surface area contributed by atoms with Crippen LogP contribution in [0.15, 0.2) is 47.5 Å². The van der Waals surface area contributed by atoms with Crippen molar-refractivity contribution in [2.75, 3.05) is 33.3 Å². The fraction of sp³-hybridized carbons (Fsp3) is 0.478. The largest absolute Gasteiger partial charge is 0.494 e. The molecular formula is C23H33IN4O2. The highest BCUT2D eigenvalue weighted by molar-refractivity contribution is 14.0. The minimum atomic E-state index is 0. The molecule has 0 atom stereocenters. The van der Waals surface area contributed by atoms with Gasteiger partial charge >= 0.3 is 0 Å². The Morgan fingerprint density at radius 1 is 1.00 bits per heavy atom. The molecule has 0 bridgehead atoms. The molecule has 0 aromatic heterocycles. The lowest BCUT2D eigenvalue weighted by Crippen LogP contribution is -2.40. The summed E-state index contributed by atoms with van der Waals surface area (Å²) in [5.74, 6) is 2.15. The molecule has 0 heterocycles. The standard InChI is InChI=1S/C23H32N4O2.HI/c1-24-23(26-14-5-13-25-22(28)19-9-4-10-19)27-15-6-16-29-21-12-11-18-7-2-3-8-20(18)17-21;/h2-3,7-8,11-12,17,19H,4-6,9-10,13-16H2,1H3,(H,25,28)(H2,24,26,27);1H. The molecule has 1 fully saturated rings. The van der Waals surface area contributed by atoms with Gasteiger partial charge in [-0.05, 0) is 48.6 Å². The second kappa shape index (κ2) is 13.3. The van der Waals surface area contributed by atoms with Crippen LogP contribution in [-0.4, -0.2) is 45.2 Å². The molecule has 3 N–H and O–H groups in total. The molecule has 0 radical (unpaired) electrons. The highest BCUT2D eigenvalue weighted by Gasteiger charge is 2.24. The van der Waals surface area contributed by atoms with Crippen molar-refractivity contribution in [2.24, 2.45) is 10.9 Å². The molecule has 30 heavy (non-hydrogen) atoms. The summed E-state index contributed by atoms with van der Waals surface area (Å²) in [5, 5.41) is 12.0. The molecule has 0 aliphatic heterocycles. The fourth-order valence-corrected chi connectivity index (χ4v) is 3.27. The van der Waals surface area contributed by atoms with E-state index in [2.05, 4.69) is 45.2 Å². The summed E-state index contributed by atoms with van der Waals surface area (Å²) in [5.41, 5.74) is 0. The van der Waals surface area contributed by atoms with E-state index in [1.54, 1.807) is 7.05 Å². The van der Waals surface area contributed by atoms with Crippen LogP contribution in [0.5, 0.6) is 5.75 Å². The molecule has 2 aromatic carbocycles. The van der Waals surface area contributed by atoms with Crippen LogP contribution in [0.1, 0.15) is 32.1 Å². The number of aliphatic imine (C=N–C) groups is 1. The maximum absolute atomic E-state index is 11.8. The summed E-state index contributed by atoms with van der Waals surface area (Å²) in [6.45, 7) is 2.92. The van der Waals surface area contributed by atoms with Crippen LogP contribution in [0.3, 0.4) is 0 Å². The quantitative estimate of drug-likeness (QED) is 0.192. The van der Waals surface area contributed by atoms with Crippen LogP contribution >= 0.6 is 24.0 Å². The van der Waals surface area contributed by atoms with Gasteiger partial charge in [-0.2, -0.15) is 0 Å². The van der Waals surface area contributed by atoms with Crippen molar-refractivity contribution < 1.29 is 9.53 Å². The van der Waals surface area contributed by atoms with Crippen molar-refractivity contribution in [1.29, 1.82) is 0 Å². The SMILES string of the molecule is CN=C(NCCCNC(=O)C1CCC1)NCCCOc1ccc2ccccc2c1.I. The number of nitrogens with zero attached hydrogens (tertiary/aromatic N) is 1. The summed E-state index contributed by atoms with van der Waals surface area (Å²) in [6, 6.07) is 14.5. The number of ether oxygens (including phenoxy) is 1. The molecule has 1 aliphatic rings. The summed E-state index contributed by atoms with van der Waals surface area (Å²) in [4.78, 5) is 16.0. The van der Waals surface area contributed by atoms with Crippen LogP contribution in [0.2, 0.25) is 0 Å². The number of guanidine groups is 1. The van der Waals surface area contributed by atoms with Crippen molar-refractivity contribution in [3.05, 3.63) is 42.5 Å². The molecule has 3 rings (SSSR count). The van der Waals surface area contributed by atoms with Gasteiger partial charge in [-0.15, -0.1) is 24.0 Å². The van der Waals surface area contributed by atoms with Crippen LogP contribution in [0, 0.1) is 5.92 Å². The number of halogens is 1. The zero-order valence-electron chi connectivity index (χ0n) is 17.7. The Balaban J connectivity index is 0.00000320. The van der Waals surface area contributed by atoms with Gasteiger partial charge in [0.2, 0.25) is 5.91 Å². The Kier molecular flexibility index (Phi) is 10.8. The summed E-state index contributed by atoms with van der Waals surface area (Å²) in [6.07, 6.45) is 5.04. The van der Waals surface area contributed by atoms with E-state index in [0.717, 1.165) is 50.5 Å². The number of fused-ring (bicyclic) bond motifs is 1. The summed E-state index contributed by atoms with van der Waals surface area (Å²) in [7, 11) is 1.76. The first-order valence-corrected chi connectivity index (χ1v) is 10.6. The lowest BCUT2D eigenvalue weighted by molar-refractivity contribution is -0.127. The molecule has 0 spiro atoms. The lowest BCUT2D eigenvalue weighted by atomic mass is 9.85. The van der Waals surface area contributed by atoms with Gasteiger partial charge in [0.25, 0.3) is 0 Å². The van der Waals surface area contributed by atoms with Crippen LogP contribution in [0.4, 0.5) is 0 Å². The van der Waals surface area contributed by atoms with Gasteiger partial charge in [-0.3, -0.25) is 9.79 Å². The van der Waals surface area contributed by atoms with Gasteiger partial charge in [0.15, 0.2) is 5.96 Å². The predicted molar refractivity (Wildman–Crippen MR) is 134 cm³/mol. The first kappa shape index (κ1) is 24.2. The van der Waals surface area contributed by atoms with Crippen molar-refractivity contribution in [2.45, 2.75) is 32.1 Å². The predicted octanol–water partition coefficient (Wildman–Crippen LogP) is 3.70. The fourth-order valence-electron chi connectivity index (χ4n) is 3.27. The first-order valence-electron chi connectivity index (χ1n) is 10.6. The van der Waals surface area contributed by atoms with Crippen molar-refractivity contribution in [3.8, 4) is 5.75 Å². The minimum absolute atomic E-state index is 0. The van der Waals surface area contributed by atoms with E-state index < -0.39 is 0 Å². The van der Waals surface area contributed by atoms with Crippen LogP contribution in [-0.2, 0) is 4.79 Å². The van der Waals surface area contributed by atoms with Gasteiger partial charge in [0.1, 0.15) is 5.75 Å². The van der Waals surface area contributed by atoms with Gasteiger partial charge in [-0.1, -0.05) is 36.8 Å². The zero-order valence-corrected chi connectivity index (χ0v) is 20.0. The Labute approximate surface area is 196 Å². The molecule has 0 saturated heterocycles. The van der Waals surface area contributed by atoms with E-state index in [-0.39, 0.29) is 35.8 Å². The van der Waals surface area contributed by atoms with Gasteiger partial charge in [0.05, 0.1) is 6.61 Å². The third kappa shape index (κ3) is 7.66. The average Bonchev–Trinajstić information content (AvgIpc) is 2.70. The highest BCUT2D eigenvalue weighted by Crippen LogP contribution is 2.26. The van der Waals surface area contributed by atoms with Gasteiger partial charge in [-0.25, -0.2) is 0 Å². The second-order valence-corrected chi connectivity index (χ2v) is 7.41. The van der Waals surface area contributed by atoms with Crippen LogP contribution < -0.4 is 20.7 Å². The van der Waals surface area contributed by atoms with E-state index in [1.165, 1.54) is 17.2 Å². The number of amides is 1. The van der Waals surface area contributed by atoms with E-state index in [4.69, 9.17) is 4.74 Å². The zero-order chi connectivity index (χ0) is 20.3. The monoisotopic (exact) mass is 524 g/mol. The smallest absolute Gasteiger partial charge is 0.223 e. The van der Waals surface area contributed by atoms with Crippen LogP contribution in [0.25, 0.3) is 10.8 Å². The number of nitrogens with one attached hydrogen (secondary N) is 3. The van der Waals surface area contributed by atoms with E-state index in [9.17, 15) is 4.79 Å². The maximum atomic E-state index is 11.8. The lowest BCUT2D eigenvalue weighted by Gasteiger charge is -2.24. The van der Waals surface area contributed by atoms with Crippen molar-refractivity contribution in [1.82, 2.24) is 16.0 Å². The molecule has 1 amide bonds. The van der Waals surface area contributed by atoms with Gasteiger partial charge in [0, 0.05) is 32.6 Å². The Hall–Kier alpha value is -2.03. The number of carbonyl (C=O) groups excluding carboxylic acids is 1. The summed E-state index contributed by atoms with van der Waals surface area (Å²) >= 11 is 0. The summed E-state index contributed by atoms with van der Waals surface area (Å²) < 4.78 is 5.86. The van der Waals surface area contributed by atoms with E-state index in [1.807, 2.05) is 18.2 Å². The van der Waals surface area contributed by atoms with Crippen molar-refractivity contribution in [3.63, 3.8) is 0 Å². The topological polar surface area (TPSA) is 74.8 Å². The number of hydrogen-bond donors (Lipinski definition) is 3. The Morgan fingerprint density at radius 3 is 2.40 bits per heavy atom. The molecular weight excluding hydrogens is 491 g/mol. The number of benzene rings is 2. The molecule has 7 heteroatoms. The molecule has 1 saturated carbocycles. The third-order valence-corrected chi connectivity index (χ3v) is 5.25. The second-order valence-electron chi connectivity index (χ2n) is 7.41. The molecule has 6 nitrogen and oxygen atoms in total. The third-order valence-electron chi connectivity index (χ3n) is 5.25. The Morgan fingerprint density at radius 2 is 1.70 bits per heavy atom. The molecule has 1 aliphatic carbocycles. The first-order chi connectivity index (χ1) is 14.3. The van der Waals surface area contributed by atoms with E-state index >= 15 is 0 Å². The average molecular weight is 524 g/mol. The van der Waals surface area contributed by atoms with E-state index in [0.29, 0.717) is 13.2 Å². The molecule has 2 aromatic rings.